The molecular weight excluding hydrogens is 318 g/mol. The Kier molecular flexibility index (Phi) is 5.05. The van der Waals surface area contributed by atoms with Crippen LogP contribution in [0.1, 0.15) is 18.3 Å². The number of nitrogens with one attached hydrogen (secondary N) is 1. The van der Waals surface area contributed by atoms with Gasteiger partial charge in [0.25, 0.3) is 10.0 Å². The van der Waals surface area contributed by atoms with Gasteiger partial charge in [-0.3, -0.25) is 4.72 Å². The van der Waals surface area contributed by atoms with E-state index < -0.39 is 10.0 Å². The van der Waals surface area contributed by atoms with Crippen LogP contribution >= 0.6 is 0 Å². The first kappa shape index (κ1) is 17.0. The quantitative estimate of drug-likeness (QED) is 0.870. The van der Waals surface area contributed by atoms with Gasteiger partial charge in [0, 0.05) is 0 Å². The summed E-state index contributed by atoms with van der Waals surface area (Å²) >= 11 is 0. The number of aromatic nitrogens is 2. The van der Waals surface area contributed by atoms with Crippen LogP contribution in [0.15, 0.2) is 29.2 Å². The Bertz CT molecular complexity index is 766. The highest BCUT2D eigenvalue weighted by Gasteiger charge is 2.18. The van der Waals surface area contributed by atoms with Gasteiger partial charge in [0.05, 0.1) is 35.7 Å². The van der Waals surface area contributed by atoms with E-state index in [1.807, 2.05) is 6.92 Å². The van der Waals surface area contributed by atoms with E-state index in [2.05, 4.69) is 14.7 Å². The van der Waals surface area contributed by atoms with Gasteiger partial charge in [-0.1, -0.05) is 0 Å². The minimum absolute atomic E-state index is 0.135. The third-order valence-electron chi connectivity index (χ3n) is 3.11. The van der Waals surface area contributed by atoms with Crippen LogP contribution in [-0.4, -0.2) is 32.1 Å². The van der Waals surface area contributed by atoms with Crippen molar-refractivity contribution in [3.05, 3.63) is 35.7 Å². The second-order valence-electron chi connectivity index (χ2n) is 4.77. The number of anilines is 1. The maximum atomic E-state index is 12.5. The largest absolute Gasteiger partial charge is 0.494 e. The summed E-state index contributed by atoms with van der Waals surface area (Å²) < 4.78 is 37.8. The number of nitrogens with zero attached hydrogens (tertiary/aromatic N) is 2. The normalized spacial score (nSPS) is 11.1. The summed E-state index contributed by atoms with van der Waals surface area (Å²) in [6, 6.07) is 6.40. The lowest BCUT2D eigenvalue weighted by Gasteiger charge is -2.13. The summed E-state index contributed by atoms with van der Waals surface area (Å²) in [4.78, 5) is 8.31. The topological polar surface area (TPSA) is 90.4 Å². The van der Waals surface area contributed by atoms with Crippen molar-refractivity contribution in [2.24, 2.45) is 0 Å². The van der Waals surface area contributed by atoms with Crippen molar-refractivity contribution in [1.82, 2.24) is 9.97 Å². The molecule has 23 heavy (non-hydrogen) atoms. The Balaban J connectivity index is 2.31. The van der Waals surface area contributed by atoms with E-state index in [-0.39, 0.29) is 10.9 Å². The fourth-order valence-electron chi connectivity index (χ4n) is 2.00. The van der Waals surface area contributed by atoms with E-state index in [4.69, 9.17) is 9.47 Å². The van der Waals surface area contributed by atoms with Crippen LogP contribution in [0.25, 0.3) is 0 Å². The Hall–Kier alpha value is -2.35. The van der Waals surface area contributed by atoms with E-state index in [1.54, 1.807) is 26.0 Å². The predicted molar refractivity (Wildman–Crippen MR) is 86.5 cm³/mol. The van der Waals surface area contributed by atoms with Gasteiger partial charge in [-0.05, 0) is 45.0 Å². The van der Waals surface area contributed by atoms with Gasteiger partial charge in [0.2, 0.25) is 0 Å². The average molecular weight is 337 g/mol. The molecule has 0 atom stereocenters. The van der Waals surface area contributed by atoms with Crippen LogP contribution in [0.2, 0.25) is 0 Å². The highest BCUT2D eigenvalue weighted by molar-refractivity contribution is 7.92. The molecule has 8 heteroatoms. The summed E-state index contributed by atoms with van der Waals surface area (Å²) in [6.45, 7) is 5.76. The Morgan fingerprint density at radius 3 is 2.13 bits per heavy atom. The lowest BCUT2D eigenvalue weighted by Crippen LogP contribution is -2.16. The number of methoxy groups -OCH3 is 1. The van der Waals surface area contributed by atoms with Gasteiger partial charge in [-0.15, -0.1) is 0 Å². The molecule has 0 saturated carbocycles. The average Bonchev–Trinajstić information content (AvgIpc) is 2.51. The van der Waals surface area contributed by atoms with E-state index in [1.165, 1.54) is 19.2 Å². The molecule has 7 nitrogen and oxygen atoms in total. The molecule has 0 aliphatic heterocycles. The molecule has 0 aliphatic rings. The van der Waals surface area contributed by atoms with Crippen LogP contribution in [0.3, 0.4) is 0 Å². The first-order valence-electron chi connectivity index (χ1n) is 7.02. The fourth-order valence-corrected chi connectivity index (χ4v) is 3.18. The highest BCUT2D eigenvalue weighted by atomic mass is 32.2. The number of ether oxygens (including phenoxy) is 2. The van der Waals surface area contributed by atoms with Crippen molar-refractivity contribution in [1.29, 1.82) is 0 Å². The zero-order valence-corrected chi connectivity index (χ0v) is 14.3. The van der Waals surface area contributed by atoms with Crippen LogP contribution in [0, 0.1) is 13.8 Å². The summed E-state index contributed by atoms with van der Waals surface area (Å²) in [5.41, 5.74) is 1.33. The molecule has 0 unspecified atom stereocenters. The first-order chi connectivity index (χ1) is 10.9. The van der Waals surface area contributed by atoms with Crippen molar-refractivity contribution in [2.75, 3.05) is 18.4 Å². The van der Waals surface area contributed by atoms with Gasteiger partial charge >= 0.3 is 6.01 Å². The molecular formula is C15H19N3O4S. The Morgan fingerprint density at radius 2 is 1.65 bits per heavy atom. The van der Waals surface area contributed by atoms with Crippen molar-refractivity contribution < 1.29 is 17.9 Å². The first-order valence-corrected chi connectivity index (χ1v) is 8.50. The molecule has 1 heterocycles. The maximum absolute atomic E-state index is 12.5. The number of hydrogen-bond acceptors (Lipinski definition) is 6. The van der Waals surface area contributed by atoms with Gasteiger partial charge in [-0.25, -0.2) is 8.42 Å². The van der Waals surface area contributed by atoms with E-state index in [0.717, 1.165) is 0 Å². The van der Waals surface area contributed by atoms with Gasteiger partial charge in [-0.2, -0.15) is 9.97 Å². The van der Waals surface area contributed by atoms with Gasteiger partial charge in [0.15, 0.2) is 0 Å². The van der Waals surface area contributed by atoms with Crippen LogP contribution in [0.5, 0.6) is 11.8 Å². The molecule has 124 valence electrons. The third kappa shape index (κ3) is 3.89. The molecule has 1 N–H and O–H groups in total. The summed E-state index contributed by atoms with van der Waals surface area (Å²) in [5.74, 6) is 0.617. The number of aryl methyl sites for hydroxylation is 2. The highest BCUT2D eigenvalue weighted by Crippen LogP contribution is 2.24. The van der Waals surface area contributed by atoms with Crippen LogP contribution in [0.4, 0.5) is 5.69 Å². The van der Waals surface area contributed by atoms with E-state index in [0.29, 0.717) is 29.4 Å². The monoisotopic (exact) mass is 337 g/mol. The molecule has 1 aromatic carbocycles. The number of hydrogen-bond donors (Lipinski definition) is 1. The maximum Gasteiger partial charge on any atom is 0.316 e. The second-order valence-corrected chi connectivity index (χ2v) is 6.45. The number of benzene rings is 1. The lowest BCUT2D eigenvalue weighted by atomic mass is 10.3. The van der Waals surface area contributed by atoms with Gasteiger partial charge < -0.3 is 9.47 Å². The van der Waals surface area contributed by atoms with Gasteiger partial charge in [0.1, 0.15) is 5.75 Å². The molecule has 0 spiro atoms. The van der Waals surface area contributed by atoms with Crippen LogP contribution in [-0.2, 0) is 10.0 Å². The molecule has 0 amide bonds. The zero-order valence-electron chi connectivity index (χ0n) is 13.5. The minimum Gasteiger partial charge on any atom is -0.494 e. The predicted octanol–water partition coefficient (Wildman–Crippen LogP) is 2.30. The van der Waals surface area contributed by atoms with Crippen molar-refractivity contribution in [2.45, 2.75) is 25.7 Å². The number of rotatable bonds is 6. The standard InChI is InChI=1S/C15H19N3O4S/c1-5-22-12-6-8-13(9-7-12)23(19,20)18-14-10(2)16-15(21-4)17-11(14)3/h6-9,18H,5H2,1-4H3. The Morgan fingerprint density at radius 1 is 1.09 bits per heavy atom. The van der Waals surface area contributed by atoms with Crippen molar-refractivity contribution >= 4 is 15.7 Å². The van der Waals surface area contributed by atoms with E-state index in [9.17, 15) is 8.42 Å². The number of sulfonamides is 1. The molecule has 0 radical (unpaired) electrons. The smallest absolute Gasteiger partial charge is 0.316 e. The summed E-state index contributed by atoms with van der Waals surface area (Å²) in [6.07, 6.45) is 0. The molecule has 0 bridgehead atoms. The van der Waals surface area contributed by atoms with E-state index >= 15 is 0 Å². The second kappa shape index (κ2) is 6.82. The molecule has 1 aromatic heterocycles. The van der Waals surface area contributed by atoms with Crippen molar-refractivity contribution in [3.63, 3.8) is 0 Å². The SMILES string of the molecule is CCOc1ccc(S(=O)(=O)Nc2c(C)nc(OC)nc2C)cc1. The molecule has 0 aliphatic carbocycles. The van der Waals surface area contributed by atoms with Crippen LogP contribution < -0.4 is 14.2 Å². The molecule has 2 rings (SSSR count). The summed E-state index contributed by atoms with van der Waals surface area (Å²) in [5, 5.41) is 0. The van der Waals surface area contributed by atoms with Crippen molar-refractivity contribution in [3.8, 4) is 11.8 Å². The lowest BCUT2D eigenvalue weighted by molar-refractivity contribution is 0.340. The minimum atomic E-state index is -3.74. The third-order valence-corrected chi connectivity index (χ3v) is 4.48. The zero-order chi connectivity index (χ0) is 17.0. The summed E-state index contributed by atoms with van der Waals surface area (Å²) in [7, 11) is -2.28. The molecule has 2 aromatic rings. The molecule has 0 saturated heterocycles. The molecule has 0 fully saturated rings. The Labute approximate surface area is 135 Å². The fraction of sp³-hybridized carbons (Fsp3) is 0.333.